The molecule has 3 fully saturated rings. The molecule has 2 aromatic carbocycles. The number of benzene rings is 2. The molecule has 1 aliphatic carbocycles. The van der Waals surface area contributed by atoms with Gasteiger partial charge in [0.2, 0.25) is 5.88 Å². The maximum atomic E-state index is 13.5. The average Bonchev–Trinajstić information content (AvgIpc) is 3.33. The maximum absolute atomic E-state index is 13.5. The number of ether oxygens (including phenoxy) is 2. The van der Waals surface area contributed by atoms with Gasteiger partial charge in [0.05, 0.1) is 47.4 Å². The number of aromatic nitrogens is 3. The molecule has 9 nitrogen and oxygen atoms in total. The van der Waals surface area contributed by atoms with Gasteiger partial charge in [0.1, 0.15) is 18.2 Å². The largest absolute Gasteiger partial charge is 0.478 e. The number of nitriles is 1. The predicted molar refractivity (Wildman–Crippen MR) is 152 cm³/mol. The zero-order valence-corrected chi connectivity index (χ0v) is 23.2. The Labute approximate surface area is 243 Å². The third kappa shape index (κ3) is 6.43. The average molecular weight is 570 g/mol. The van der Waals surface area contributed by atoms with E-state index in [9.17, 15) is 14.3 Å². The number of imidazole rings is 1. The van der Waals surface area contributed by atoms with Crippen molar-refractivity contribution in [2.75, 3.05) is 19.7 Å². The lowest BCUT2D eigenvalue weighted by Gasteiger charge is -2.19. The SMILES string of the molecule is N#Cc1ccc(COc2ccccn2)c(F)c1.O=C(O)c1ccc2nc(CN3CC4CC4C3)n(CC3CCCO3)c2c1. The molecule has 42 heavy (non-hydrogen) atoms. The van der Waals surface area contributed by atoms with Crippen molar-refractivity contribution in [3.63, 3.8) is 0 Å². The van der Waals surface area contributed by atoms with Crippen LogP contribution in [0.15, 0.2) is 60.8 Å². The minimum atomic E-state index is -0.895. The molecule has 3 atom stereocenters. The van der Waals surface area contributed by atoms with Crippen molar-refractivity contribution in [2.24, 2.45) is 11.8 Å². The van der Waals surface area contributed by atoms with Crippen molar-refractivity contribution < 1.29 is 23.8 Å². The molecule has 1 saturated carbocycles. The molecular weight excluding hydrogens is 537 g/mol. The molecule has 0 amide bonds. The minimum Gasteiger partial charge on any atom is -0.478 e. The maximum Gasteiger partial charge on any atom is 0.335 e. The smallest absolute Gasteiger partial charge is 0.335 e. The van der Waals surface area contributed by atoms with Crippen molar-refractivity contribution in [1.29, 1.82) is 5.26 Å². The van der Waals surface area contributed by atoms with Gasteiger partial charge < -0.3 is 19.1 Å². The van der Waals surface area contributed by atoms with Crippen LogP contribution in [0.4, 0.5) is 4.39 Å². The second-order valence-electron chi connectivity index (χ2n) is 11.1. The number of likely N-dealkylation sites (tertiary alicyclic amines) is 1. The van der Waals surface area contributed by atoms with Crippen molar-refractivity contribution in [3.05, 3.63) is 89.1 Å². The fourth-order valence-corrected chi connectivity index (χ4v) is 5.76. The summed E-state index contributed by atoms with van der Waals surface area (Å²) >= 11 is 0. The van der Waals surface area contributed by atoms with Gasteiger partial charge >= 0.3 is 5.97 Å². The fraction of sp³-hybridized carbons (Fsp3) is 0.375. The van der Waals surface area contributed by atoms with Crippen molar-refractivity contribution >= 4 is 17.0 Å². The van der Waals surface area contributed by atoms with E-state index in [4.69, 9.17) is 19.7 Å². The molecule has 3 aliphatic rings. The Hall–Kier alpha value is -4.33. The lowest BCUT2D eigenvalue weighted by Crippen LogP contribution is -2.25. The molecule has 1 N–H and O–H groups in total. The summed E-state index contributed by atoms with van der Waals surface area (Å²) in [4.78, 5) is 22.6. The number of aromatic carboxylic acids is 1. The Kier molecular flexibility index (Phi) is 8.13. The minimum absolute atomic E-state index is 0.0918. The van der Waals surface area contributed by atoms with Crippen LogP contribution in [0.25, 0.3) is 11.0 Å². The molecule has 4 heterocycles. The Morgan fingerprint density at radius 1 is 1.17 bits per heavy atom. The number of halogens is 1. The zero-order chi connectivity index (χ0) is 29.1. The summed E-state index contributed by atoms with van der Waals surface area (Å²) in [6, 6.07) is 16.6. The summed E-state index contributed by atoms with van der Waals surface area (Å²) in [5, 5.41) is 17.9. The molecule has 2 saturated heterocycles. The molecule has 216 valence electrons. The summed E-state index contributed by atoms with van der Waals surface area (Å²) in [6.07, 6.45) is 5.36. The molecule has 0 radical (unpaired) electrons. The number of carboxylic acid groups (broad SMARTS) is 1. The Balaban J connectivity index is 0.000000163. The third-order valence-corrected chi connectivity index (χ3v) is 8.10. The van der Waals surface area contributed by atoms with Gasteiger partial charge in [0, 0.05) is 37.5 Å². The first-order chi connectivity index (χ1) is 20.5. The number of fused-ring (bicyclic) bond motifs is 2. The fourth-order valence-electron chi connectivity index (χ4n) is 5.76. The van der Waals surface area contributed by atoms with Gasteiger partial charge in [-0.1, -0.05) is 12.1 Å². The van der Waals surface area contributed by atoms with E-state index < -0.39 is 11.8 Å². The molecule has 4 aromatic rings. The first-order valence-electron chi connectivity index (χ1n) is 14.3. The van der Waals surface area contributed by atoms with E-state index >= 15 is 0 Å². The number of rotatable bonds is 8. The number of hydrogen-bond donors (Lipinski definition) is 1. The summed E-state index contributed by atoms with van der Waals surface area (Å²) in [7, 11) is 0. The van der Waals surface area contributed by atoms with Gasteiger partial charge in [-0.2, -0.15) is 5.26 Å². The van der Waals surface area contributed by atoms with E-state index in [1.54, 1.807) is 42.6 Å². The Morgan fingerprint density at radius 3 is 2.71 bits per heavy atom. The molecule has 7 rings (SSSR count). The van der Waals surface area contributed by atoms with Gasteiger partial charge in [-0.15, -0.1) is 0 Å². The van der Waals surface area contributed by atoms with E-state index in [1.165, 1.54) is 31.6 Å². The first kappa shape index (κ1) is 27.8. The van der Waals surface area contributed by atoms with Crippen LogP contribution in [-0.4, -0.2) is 56.3 Å². The highest BCUT2D eigenvalue weighted by atomic mass is 19.1. The normalized spacial score (nSPS) is 20.9. The standard InChI is InChI=1S/C19H23N3O3.C13H9FN2O/c23-19(24)12-3-4-16-17(7-12)22(10-15-2-1-5-25-15)18(20-16)11-21-8-13-6-14(13)9-21;14-12-7-10(8-15)4-5-11(12)9-17-13-3-1-2-6-16-13/h3-4,7,13-15H,1-2,5-6,8-11H2,(H,23,24);1-7H,9H2. The predicted octanol–water partition coefficient (Wildman–Crippen LogP) is 5.04. The van der Waals surface area contributed by atoms with E-state index in [-0.39, 0.29) is 12.7 Å². The molecule has 2 aliphatic heterocycles. The van der Waals surface area contributed by atoms with E-state index in [1.807, 2.05) is 12.1 Å². The van der Waals surface area contributed by atoms with Crippen LogP contribution in [-0.2, 0) is 24.4 Å². The van der Waals surface area contributed by atoms with E-state index in [2.05, 4.69) is 14.5 Å². The molecular formula is C32H32FN5O4. The highest BCUT2D eigenvalue weighted by Gasteiger charge is 2.45. The van der Waals surface area contributed by atoms with Crippen LogP contribution in [0.5, 0.6) is 5.88 Å². The molecule has 2 aromatic heterocycles. The summed E-state index contributed by atoms with van der Waals surface area (Å²) in [5.74, 6) is 1.93. The first-order valence-corrected chi connectivity index (χ1v) is 14.3. The number of nitrogens with zero attached hydrogens (tertiary/aromatic N) is 5. The molecule has 0 spiro atoms. The topological polar surface area (TPSA) is 113 Å². The van der Waals surface area contributed by atoms with Crippen LogP contribution in [0.3, 0.4) is 0 Å². The number of pyridine rings is 1. The number of carbonyl (C=O) groups is 1. The van der Waals surface area contributed by atoms with Gasteiger partial charge in [-0.25, -0.2) is 19.2 Å². The van der Waals surface area contributed by atoms with E-state index in [0.29, 0.717) is 22.6 Å². The van der Waals surface area contributed by atoms with Crippen molar-refractivity contribution in [1.82, 2.24) is 19.4 Å². The second-order valence-corrected chi connectivity index (χ2v) is 11.1. The van der Waals surface area contributed by atoms with Gasteiger partial charge in [-0.3, -0.25) is 4.90 Å². The number of carboxylic acids is 1. The molecule has 3 unspecified atom stereocenters. The zero-order valence-electron chi connectivity index (χ0n) is 23.2. The highest BCUT2D eigenvalue weighted by Crippen LogP contribution is 2.45. The van der Waals surface area contributed by atoms with Crippen LogP contribution < -0.4 is 4.74 Å². The highest BCUT2D eigenvalue weighted by molar-refractivity contribution is 5.92. The molecule has 10 heteroatoms. The summed E-state index contributed by atoms with van der Waals surface area (Å²) in [6.45, 7) is 4.87. The Bertz CT molecular complexity index is 1600. The van der Waals surface area contributed by atoms with Gasteiger partial charge in [-0.05, 0) is 67.5 Å². The summed E-state index contributed by atoms with van der Waals surface area (Å²) in [5.41, 5.74) is 2.80. The van der Waals surface area contributed by atoms with Crippen LogP contribution >= 0.6 is 0 Å². The van der Waals surface area contributed by atoms with Crippen LogP contribution in [0.1, 0.15) is 46.6 Å². The Morgan fingerprint density at radius 2 is 2.02 bits per heavy atom. The molecule has 0 bridgehead atoms. The third-order valence-electron chi connectivity index (χ3n) is 8.10. The van der Waals surface area contributed by atoms with Gasteiger partial charge in [0.25, 0.3) is 0 Å². The summed E-state index contributed by atoms with van der Waals surface area (Å²) < 4.78 is 26.8. The number of piperidine rings is 1. The number of hydrogen-bond acceptors (Lipinski definition) is 7. The van der Waals surface area contributed by atoms with Gasteiger partial charge in [0.15, 0.2) is 0 Å². The lowest BCUT2D eigenvalue weighted by atomic mass is 10.1. The van der Waals surface area contributed by atoms with Crippen LogP contribution in [0, 0.1) is 29.0 Å². The monoisotopic (exact) mass is 569 g/mol. The van der Waals surface area contributed by atoms with E-state index in [0.717, 1.165) is 61.2 Å². The van der Waals surface area contributed by atoms with Crippen LogP contribution in [0.2, 0.25) is 0 Å². The quantitative estimate of drug-likeness (QED) is 0.314. The van der Waals surface area contributed by atoms with Crippen molar-refractivity contribution in [3.8, 4) is 11.9 Å². The second kappa shape index (κ2) is 12.3. The van der Waals surface area contributed by atoms with Crippen molar-refractivity contribution in [2.45, 2.75) is 45.1 Å². The lowest BCUT2D eigenvalue weighted by molar-refractivity contribution is 0.0697.